The molecule has 2 fully saturated rings. The molecule has 2 aliphatic heterocycles. The number of methoxy groups -OCH3 is 1. The third-order valence-electron chi connectivity index (χ3n) is 5.58. The van der Waals surface area contributed by atoms with Crippen LogP contribution < -0.4 is 9.47 Å². The fourth-order valence-electron chi connectivity index (χ4n) is 3.71. The van der Waals surface area contributed by atoms with Crippen LogP contribution in [0, 0.1) is 10.1 Å². The second-order valence-corrected chi connectivity index (χ2v) is 9.86. The van der Waals surface area contributed by atoms with Gasteiger partial charge in [0.05, 0.1) is 34.6 Å². The third kappa shape index (κ3) is 6.29. The summed E-state index contributed by atoms with van der Waals surface area (Å²) in [4.78, 5) is 51.1. The van der Waals surface area contributed by atoms with Gasteiger partial charge in [0, 0.05) is 25.2 Å². The Morgan fingerprint density at radius 1 is 1.24 bits per heavy atom. The smallest absolute Gasteiger partial charge is 0.294 e. The number of nitrogens with zero attached hydrogens (tertiary/aromatic N) is 3. The van der Waals surface area contributed by atoms with Crippen molar-refractivity contribution < 1.29 is 33.5 Å². The van der Waals surface area contributed by atoms with E-state index in [1.165, 1.54) is 19.2 Å². The lowest BCUT2D eigenvalue weighted by atomic mass is 10.1. The highest BCUT2D eigenvalue weighted by molar-refractivity contribution is 9.10. The summed E-state index contributed by atoms with van der Waals surface area (Å²) in [6.07, 6.45) is 1.54. The molecule has 0 atom stereocenters. The first-order chi connectivity index (χ1) is 17.8. The number of benzene rings is 2. The van der Waals surface area contributed by atoms with Gasteiger partial charge in [-0.3, -0.25) is 29.4 Å². The van der Waals surface area contributed by atoms with Crippen LogP contribution in [-0.4, -0.2) is 71.7 Å². The fourth-order valence-corrected chi connectivity index (χ4v) is 5.13. The lowest BCUT2D eigenvalue weighted by molar-refractivity contribution is -0.384. The molecule has 3 amide bonds. The van der Waals surface area contributed by atoms with Crippen LogP contribution in [0.2, 0.25) is 0 Å². The molecule has 11 nitrogen and oxygen atoms in total. The molecule has 2 aromatic carbocycles. The lowest BCUT2D eigenvalue weighted by Gasteiger charge is -2.28. The van der Waals surface area contributed by atoms with Crippen LogP contribution in [-0.2, 0) is 20.9 Å². The number of rotatable bonds is 8. The van der Waals surface area contributed by atoms with Crippen molar-refractivity contribution in [2.45, 2.75) is 6.61 Å². The second kappa shape index (κ2) is 11.8. The van der Waals surface area contributed by atoms with Gasteiger partial charge in [-0.25, -0.2) is 0 Å². The van der Waals surface area contributed by atoms with E-state index in [9.17, 15) is 24.5 Å². The first-order valence-corrected chi connectivity index (χ1v) is 12.7. The van der Waals surface area contributed by atoms with E-state index in [2.05, 4.69) is 15.9 Å². The molecule has 0 aliphatic carbocycles. The predicted octanol–water partition coefficient (Wildman–Crippen LogP) is 3.84. The number of non-ortho nitro benzene ring substituents is 1. The van der Waals surface area contributed by atoms with Gasteiger partial charge in [0.2, 0.25) is 5.91 Å². The maximum Gasteiger partial charge on any atom is 0.294 e. The summed E-state index contributed by atoms with van der Waals surface area (Å²) in [7, 11) is 1.46. The summed E-state index contributed by atoms with van der Waals surface area (Å²) in [5.74, 6) is -0.123. The molecule has 2 heterocycles. The Labute approximate surface area is 224 Å². The molecule has 37 heavy (non-hydrogen) atoms. The van der Waals surface area contributed by atoms with E-state index in [1.54, 1.807) is 35.2 Å². The molecule has 0 aromatic heterocycles. The number of hydrogen-bond acceptors (Lipinski definition) is 9. The molecule has 2 aromatic rings. The SMILES string of the molecule is COc1cc(/C=C2/SC(=O)N(CC(=O)N3CCOCC3)C2=O)cc(Br)c1OCc1cccc([N+](=O)[O-])c1. The number of imide groups is 1. The molecule has 194 valence electrons. The molecular formula is C24H22BrN3O8S. The third-order valence-corrected chi connectivity index (χ3v) is 7.08. The van der Waals surface area contributed by atoms with Crippen molar-refractivity contribution in [3.63, 3.8) is 0 Å². The van der Waals surface area contributed by atoms with Gasteiger partial charge in [0.15, 0.2) is 11.5 Å². The first kappa shape index (κ1) is 26.6. The van der Waals surface area contributed by atoms with Crippen LogP contribution in [0.1, 0.15) is 11.1 Å². The molecule has 13 heteroatoms. The van der Waals surface area contributed by atoms with Crippen LogP contribution in [0.3, 0.4) is 0 Å². The fraction of sp³-hybridized carbons (Fsp3) is 0.292. The summed E-state index contributed by atoms with van der Waals surface area (Å²) < 4.78 is 17.1. The normalized spacial score (nSPS) is 16.9. The minimum absolute atomic E-state index is 0.0388. The summed E-state index contributed by atoms with van der Waals surface area (Å²) in [6, 6.07) is 9.44. The summed E-state index contributed by atoms with van der Waals surface area (Å²) >= 11 is 4.20. The highest BCUT2D eigenvalue weighted by Gasteiger charge is 2.37. The van der Waals surface area contributed by atoms with Crippen molar-refractivity contribution in [1.82, 2.24) is 9.80 Å². The number of morpholine rings is 1. The van der Waals surface area contributed by atoms with Crippen LogP contribution >= 0.6 is 27.7 Å². The van der Waals surface area contributed by atoms with E-state index in [0.717, 1.165) is 16.7 Å². The monoisotopic (exact) mass is 591 g/mol. The number of ether oxygens (including phenoxy) is 3. The van der Waals surface area contributed by atoms with Crippen molar-refractivity contribution in [1.29, 1.82) is 0 Å². The van der Waals surface area contributed by atoms with Crippen molar-refractivity contribution in [3.05, 3.63) is 67.0 Å². The number of carbonyl (C=O) groups excluding carboxylic acids is 3. The molecule has 2 saturated heterocycles. The lowest BCUT2D eigenvalue weighted by Crippen LogP contribution is -2.46. The molecule has 0 bridgehead atoms. The van der Waals surface area contributed by atoms with Crippen LogP contribution in [0.25, 0.3) is 6.08 Å². The quantitative estimate of drug-likeness (QED) is 0.255. The van der Waals surface area contributed by atoms with Gasteiger partial charge in [-0.15, -0.1) is 0 Å². The van der Waals surface area contributed by atoms with Gasteiger partial charge in [-0.2, -0.15) is 0 Å². The van der Waals surface area contributed by atoms with Crippen molar-refractivity contribution in [2.75, 3.05) is 40.0 Å². The molecule has 0 saturated carbocycles. The van der Waals surface area contributed by atoms with Crippen LogP contribution in [0.4, 0.5) is 10.5 Å². The zero-order chi connectivity index (χ0) is 26.5. The largest absolute Gasteiger partial charge is 0.493 e. The Morgan fingerprint density at radius 3 is 2.70 bits per heavy atom. The Morgan fingerprint density at radius 2 is 2.00 bits per heavy atom. The van der Waals surface area contributed by atoms with Gasteiger partial charge >= 0.3 is 0 Å². The van der Waals surface area contributed by atoms with E-state index in [0.29, 0.717) is 53.4 Å². The molecule has 4 rings (SSSR count). The maximum absolute atomic E-state index is 12.9. The number of hydrogen-bond donors (Lipinski definition) is 0. The Kier molecular flexibility index (Phi) is 8.46. The number of nitro benzene ring substituents is 1. The van der Waals surface area contributed by atoms with E-state index in [-0.39, 0.29) is 29.7 Å². The molecular weight excluding hydrogens is 570 g/mol. The van der Waals surface area contributed by atoms with Gasteiger partial charge in [0.25, 0.3) is 16.8 Å². The van der Waals surface area contributed by atoms with E-state index in [1.807, 2.05) is 0 Å². The number of thioether (sulfide) groups is 1. The van der Waals surface area contributed by atoms with Gasteiger partial charge in [-0.05, 0) is 57.0 Å². The van der Waals surface area contributed by atoms with Crippen molar-refractivity contribution >= 4 is 56.5 Å². The standard InChI is InChI=1S/C24H22BrN3O8S/c1-34-19-11-16(10-18(25)22(19)36-14-15-3-2-4-17(9-15)28(32)33)12-20-23(30)27(24(31)37-20)13-21(29)26-5-7-35-8-6-26/h2-4,9-12H,5-8,13-14H2,1H3/b20-12+. The number of halogens is 1. The Balaban J connectivity index is 1.48. The van der Waals surface area contributed by atoms with E-state index >= 15 is 0 Å². The van der Waals surface area contributed by atoms with E-state index < -0.39 is 16.1 Å². The zero-order valence-electron chi connectivity index (χ0n) is 19.7. The Hall–Kier alpha value is -3.42. The molecule has 0 N–H and O–H groups in total. The topological polar surface area (TPSA) is 129 Å². The average Bonchev–Trinajstić information content (AvgIpc) is 3.15. The molecule has 0 spiro atoms. The zero-order valence-corrected chi connectivity index (χ0v) is 22.1. The predicted molar refractivity (Wildman–Crippen MR) is 138 cm³/mol. The van der Waals surface area contributed by atoms with Crippen LogP contribution in [0.15, 0.2) is 45.8 Å². The molecule has 2 aliphatic rings. The minimum atomic E-state index is -0.544. The minimum Gasteiger partial charge on any atom is -0.493 e. The number of amides is 3. The first-order valence-electron chi connectivity index (χ1n) is 11.1. The van der Waals surface area contributed by atoms with Gasteiger partial charge in [-0.1, -0.05) is 12.1 Å². The number of nitro groups is 1. The maximum atomic E-state index is 12.9. The average molecular weight is 592 g/mol. The van der Waals surface area contributed by atoms with Crippen LogP contribution in [0.5, 0.6) is 11.5 Å². The van der Waals surface area contributed by atoms with Crippen molar-refractivity contribution in [3.8, 4) is 11.5 Å². The Bertz CT molecular complexity index is 1280. The highest BCUT2D eigenvalue weighted by Crippen LogP contribution is 2.39. The summed E-state index contributed by atoms with van der Waals surface area (Å²) in [6.45, 7) is 1.44. The highest BCUT2D eigenvalue weighted by atomic mass is 79.9. The van der Waals surface area contributed by atoms with Gasteiger partial charge in [0.1, 0.15) is 13.2 Å². The summed E-state index contributed by atoms with van der Waals surface area (Å²) in [5.41, 5.74) is 1.13. The van der Waals surface area contributed by atoms with E-state index in [4.69, 9.17) is 14.2 Å². The second-order valence-electron chi connectivity index (χ2n) is 8.01. The molecule has 0 radical (unpaired) electrons. The summed E-state index contributed by atoms with van der Waals surface area (Å²) in [5, 5.41) is 10.5. The van der Waals surface area contributed by atoms with Crippen molar-refractivity contribution in [2.24, 2.45) is 0 Å². The molecule has 0 unspecified atom stereocenters. The number of carbonyl (C=O) groups is 3. The van der Waals surface area contributed by atoms with Gasteiger partial charge < -0.3 is 19.1 Å².